The molecule has 0 aromatic carbocycles. The van der Waals surface area contributed by atoms with Crippen LogP contribution in [0.2, 0.25) is 0 Å². The summed E-state index contributed by atoms with van der Waals surface area (Å²) >= 11 is 3.31. The molecule has 1 aromatic heterocycles. The van der Waals surface area contributed by atoms with E-state index in [1.807, 2.05) is 13.1 Å². The minimum atomic E-state index is 0.947. The molecule has 0 saturated carbocycles. The van der Waals surface area contributed by atoms with Gasteiger partial charge in [0.15, 0.2) is 0 Å². The molecule has 0 unspecified atom stereocenters. The second-order valence-electron chi connectivity index (χ2n) is 2.08. The number of nitrogens with one attached hydrogen (secondary N) is 1. The lowest BCUT2D eigenvalue weighted by Crippen LogP contribution is -2.09. The first kappa shape index (κ1) is 7.82. The van der Waals surface area contributed by atoms with Gasteiger partial charge in [0.1, 0.15) is 12.0 Å². The largest absolute Gasteiger partial charge is 0.468 e. The molecule has 1 heterocycles. The van der Waals surface area contributed by atoms with Crippen LogP contribution in [-0.2, 0) is 6.42 Å². The second-order valence-corrected chi connectivity index (χ2v) is 3.00. The van der Waals surface area contributed by atoms with Crippen molar-refractivity contribution in [3.05, 3.63) is 22.6 Å². The van der Waals surface area contributed by atoms with Gasteiger partial charge in [-0.2, -0.15) is 0 Å². The van der Waals surface area contributed by atoms with Crippen molar-refractivity contribution in [3.63, 3.8) is 0 Å². The second kappa shape index (κ2) is 3.78. The van der Waals surface area contributed by atoms with Gasteiger partial charge in [0.2, 0.25) is 0 Å². The van der Waals surface area contributed by atoms with Gasteiger partial charge in [-0.05, 0) is 29.0 Å². The first-order valence-electron chi connectivity index (χ1n) is 3.20. The average Bonchev–Trinajstić information content (AvgIpc) is 2.31. The van der Waals surface area contributed by atoms with Crippen LogP contribution in [0.25, 0.3) is 0 Å². The van der Waals surface area contributed by atoms with Crippen molar-refractivity contribution in [1.82, 2.24) is 5.32 Å². The summed E-state index contributed by atoms with van der Waals surface area (Å²) in [6.07, 6.45) is 2.65. The first-order valence-corrected chi connectivity index (χ1v) is 3.99. The van der Waals surface area contributed by atoms with Crippen LogP contribution in [0.4, 0.5) is 0 Å². The van der Waals surface area contributed by atoms with Crippen molar-refractivity contribution in [1.29, 1.82) is 0 Å². The Kier molecular flexibility index (Phi) is 2.96. The molecule has 0 aliphatic carbocycles. The van der Waals surface area contributed by atoms with Gasteiger partial charge in [0.25, 0.3) is 0 Å². The van der Waals surface area contributed by atoms with Gasteiger partial charge in [-0.15, -0.1) is 0 Å². The van der Waals surface area contributed by atoms with Crippen molar-refractivity contribution in [3.8, 4) is 0 Å². The number of furan rings is 1. The predicted octanol–water partition coefficient (Wildman–Crippen LogP) is 1.80. The number of rotatable bonds is 3. The van der Waals surface area contributed by atoms with E-state index in [1.165, 1.54) is 0 Å². The van der Waals surface area contributed by atoms with E-state index in [0.717, 1.165) is 23.2 Å². The van der Waals surface area contributed by atoms with Crippen molar-refractivity contribution >= 4 is 15.9 Å². The molecule has 0 radical (unpaired) electrons. The van der Waals surface area contributed by atoms with E-state index in [1.54, 1.807) is 6.26 Å². The molecular formula is C7H10BrNO. The van der Waals surface area contributed by atoms with E-state index in [9.17, 15) is 0 Å². The maximum atomic E-state index is 5.18. The Bertz CT molecular complexity index is 197. The summed E-state index contributed by atoms with van der Waals surface area (Å²) in [6.45, 7) is 0.958. The van der Waals surface area contributed by atoms with Crippen molar-refractivity contribution in [2.24, 2.45) is 0 Å². The number of hydrogen-bond acceptors (Lipinski definition) is 2. The van der Waals surface area contributed by atoms with Crippen LogP contribution in [0.15, 0.2) is 21.2 Å². The summed E-state index contributed by atoms with van der Waals surface area (Å²) in [5.41, 5.74) is 0. The molecule has 10 heavy (non-hydrogen) atoms. The Morgan fingerprint density at radius 1 is 1.70 bits per heavy atom. The van der Waals surface area contributed by atoms with Gasteiger partial charge >= 0.3 is 0 Å². The molecule has 0 amide bonds. The van der Waals surface area contributed by atoms with Crippen LogP contribution in [0, 0.1) is 0 Å². The maximum Gasteiger partial charge on any atom is 0.106 e. The van der Waals surface area contributed by atoms with Crippen LogP contribution in [-0.4, -0.2) is 13.6 Å². The Hall–Kier alpha value is -0.280. The highest BCUT2D eigenvalue weighted by atomic mass is 79.9. The summed E-state index contributed by atoms with van der Waals surface area (Å²) in [4.78, 5) is 0. The van der Waals surface area contributed by atoms with Crippen molar-refractivity contribution < 1.29 is 4.42 Å². The quantitative estimate of drug-likeness (QED) is 0.812. The highest BCUT2D eigenvalue weighted by Gasteiger charge is 1.96. The zero-order valence-corrected chi connectivity index (χ0v) is 7.44. The SMILES string of the molecule is CNCCc1cc(Br)co1. The summed E-state index contributed by atoms with van der Waals surface area (Å²) in [7, 11) is 1.93. The van der Waals surface area contributed by atoms with E-state index >= 15 is 0 Å². The monoisotopic (exact) mass is 203 g/mol. The van der Waals surface area contributed by atoms with Crippen LogP contribution in [0.1, 0.15) is 5.76 Å². The van der Waals surface area contributed by atoms with Crippen molar-refractivity contribution in [2.45, 2.75) is 6.42 Å². The van der Waals surface area contributed by atoms with Crippen molar-refractivity contribution in [2.75, 3.05) is 13.6 Å². The average molecular weight is 204 g/mol. The number of hydrogen-bond donors (Lipinski definition) is 1. The van der Waals surface area contributed by atoms with Crippen LogP contribution < -0.4 is 5.32 Å². The molecule has 0 saturated heterocycles. The molecule has 0 atom stereocenters. The minimum absolute atomic E-state index is 0.947. The lowest BCUT2D eigenvalue weighted by molar-refractivity contribution is 0.503. The third kappa shape index (κ3) is 2.15. The molecule has 0 fully saturated rings. The number of likely N-dealkylation sites (N-methyl/N-ethyl adjacent to an activating group) is 1. The highest BCUT2D eigenvalue weighted by molar-refractivity contribution is 9.10. The van der Waals surface area contributed by atoms with E-state index in [2.05, 4.69) is 21.2 Å². The fourth-order valence-electron chi connectivity index (χ4n) is 0.733. The van der Waals surface area contributed by atoms with Crippen LogP contribution in [0.5, 0.6) is 0 Å². The third-order valence-electron chi connectivity index (χ3n) is 1.24. The topological polar surface area (TPSA) is 25.2 Å². The molecule has 1 N–H and O–H groups in total. The summed E-state index contributed by atoms with van der Waals surface area (Å²) < 4.78 is 6.19. The predicted molar refractivity (Wildman–Crippen MR) is 44.0 cm³/mol. The molecule has 3 heteroatoms. The third-order valence-corrected chi connectivity index (χ3v) is 1.66. The van der Waals surface area contributed by atoms with Gasteiger partial charge < -0.3 is 9.73 Å². The molecule has 0 spiro atoms. The van der Waals surface area contributed by atoms with Crippen LogP contribution >= 0.6 is 15.9 Å². The van der Waals surface area contributed by atoms with Gasteiger partial charge in [0.05, 0.1) is 4.47 Å². The Morgan fingerprint density at radius 2 is 2.50 bits per heavy atom. The van der Waals surface area contributed by atoms with E-state index in [-0.39, 0.29) is 0 Å². The summed E-state index contributed by atoms with van der Waals surface area (Å²) in [6, 6.07) is 1.98. The molecule has 56 valence electrons. The molecule has 0 bridgehead atoms. The van der Waals surface area contributed by atoms with E-state index < -0.39 is 0 Å². The molecule has 2 nitrogen and oxygen atoms in total. The molecule has 1 aromatic rings. The standard InChI is InChI=1S/C7H10BrNO/c1-9-3-2-7-4-6(8)5-10-7/h4-5,9H,2-3H2,1H3. The van der Waals surface area contributed by atoms with E-state index in [0.29, 0.717) is 0 Å². The number of halogens is 1. The zero-order chi connectivity index (χ0) is 7.40. The van der Waals surface area contributed by atoms with Gasteiger partial charge in [-0.3, -0.25) is 0 Å². The summed E-state index contributed by atoms with van der Waals surface area (Å²) in [5, 5.41) is 3.05. The van der Waals surface area contributed by atoms with Gasteiger partial charge in [-0.25, -0.2) is 0 Å². The Balaban J connectivity index is 2.42. The molecular weight excluding hydrogens is 194 g/mol. The molecule has 1 rings (SSSR count). The maximum absolute atomic E-state index is 5.18. The minimum Gasteiger partial charge on any atom is -0.468 e. The first-order chi connectivity index (χ1) is 4.83. The lowest BCUT2D eigenvalue weighted by Gasteiger charge is -1.92. The molecule has 0 aliphatic heterocycles. The Labute approximate surface area is 68.7 Å². The van der Waals surface area contributed by atoms with Gasteiger partial charge in [0, 0.05) is 13.0 Å². The van der Waals surface area contributed by atoms with Crippen LogP contribution in [0.3, 0.4) is 0 Å². The molecule has 0 aliphatic rings. The Morgan fingerprint density at radius 3 is 3.00 bits per heavy atom. The van der Waals surface area contributed by atoms with Gasteiger partial charge in [-0.1, -0.05) is 0 Å². The lowest BCUT2D eigenvalue weighted by atomic mass is 10.3. The van der Waals surface area contributed by atoms with E-state index in [4.69, 9.17) is 4.42 Å². The highest BCUT2D eigenvalue weighted by Crippen LogP contribution is 2.13. The fourth-order valence-corrected chi connectivity index (χ4v) is 1.08. The summed E-state index contributed by atoms with van der Waals surface area (Å²) in [5.74, 6) is 1.02. The normalized spacial score (nSPS) is 10.2. The fraction of sp³-hybridized carbons (Fsp3) is 0.429. The smallest absolute Gasteiger partial charge is 0.106 e. The zero-order valence-electron chi connectivity index (χ0n) is 5.86.